The van der Waals surface area contributed by atoms with Crippen molar-refractivity contribution in [1.29, 1.82) is 0 Å². The summed E-state index contributed by atoms with van der Waals surface area (Å²) in [5, 5.41) is 5.30. The van der Waals surface area contributed by atoms with Crippen LogP contribution in [-0.4, -0.2) is 47.8 Å². The normalized spacial score (nSPS) is 16.8. The van der Waals surface area contributed by atoms with Crippen LogP contribution in [0.5, 0.6) is 0 Å². The van der Waals surface area contributed by atoms with Crippen LogP contribution in [0.2, 0.25) is 0 Å². The Kier molecular flexibility index (Phi) is 4.11. The maximum atomic E-state index is 5.30. The van der Waals surface area contributed by atoms with Crippen molar-refractivity contribution in [1.82, 2.24) is 15.0 Å². The lowest BCUT2D eigenvalue weighted by Gasteiger charge is -2.27. The molecule has 1 aliphatic heterocycles. The molecule has 2 N–H and O–H groups in total. The highest BCUT2D eigenvalue weighted by atomic mass is 16.5. The summed E-state index contributed by atoms with van der Waals surface area (Å²) in [6.07, 6.45) is 0. The van der Waals surface area contributed by atoms with Crippen LogP contribution in [0.3, 0.4) is 0 Å². The molecule has 6 nitrogen and oxygen atoms in total. The van der Waals surface area contributed by atoms with E-state index in [1.807, 2.05) is 19.9 Å². The number of anilines is 2. The summed E-state index contributed by atoms with van der Waals surface area (Å²) in [6.45, 7) is 8.07. The predicted octanol–water partition coefficient (Wildman–Crippen LogP) is 0.876. The zero-order valence-corrected chi connectivity index (χ0v) is 10.4. The van der Waals surface area contributed by atoms with Gasteiger partial charge in [-0.25, -0.2) is 15.0 Å². The number of hydrazine groups is 1. The third kappa shape index (κ3) is 3.54. The van der Waals surface area contributed by atoms with E-state index in [-0.39, 0.29) is 0 Å². The van der Waals surface area contributed by atoms with E-state index in [4.69, 9.17) is 4.74 Å². The average molecular weight is 237 g/mol. The molecular weight excluding hydrogens is 218 g/mol. The third-order valence-corrected chi connectivity index (χ3v) is 2.48. The van der Waals surface area contributed by atoms with E-state index in [0.29, 0.717) is 0 Å². The Labute approximate surface area is 101 Å². The Morgan fingerprint density at radius 1 is 1.29 bits per heavy atom. The summed E-state index contributed by atoms with van der Waals surface area (Å²) >= 11 is 0. The lowest BCUT2D eigenvalue weighted by molar-refractivity contribution is 0.0495. The monoisotopic (exact) mass is 237 g/mol. The molecule has 0 unspecified atom stereocenters. The molecule has 0 aliphatic carbocycles. The van der Waals surface area contributed by atoms with Crippen molar-refractivity contribution in [2.75, 3.05) is 43.6 Å². The van der Waals surface area contributed by atoms with E-state index in [0.717, 1.165) is 50.3 Å². The van der Waals surface area contributed by atoms with Gasteiger partial charge in [-0.05, 0) is 13.8 Å². The van der Waals surface area contributed by atoms with Crippen molar-refractivity contribution in [2.24, 2.45) is 0 Å². The van der Waals surface area contributed by atoms with Crippen LogP contribution in [0.4, 0.5) is 11.6 Å². The smallest absolute Gasteiger partial charge is 0.146 e. The van der Waals surface area contributed by atoms with Crippen molar-refractivity contribution >= 4 is 11.6 Å². The van der Waals surface area contributed by atoms with Crippen molar-refractivity contribution in [3.05, 3.63) is 11.9 Å². The highest BCUT2D eigenvalue weighted by molar-refractivity contribution is 5.46. The maximum Gasteiger partial charge on any atom is 0.146 e. The van der Waals surface area contributed by atoms with Crippen molar-refractivity contribution in [2.45, 2.75) is 13.8 Å². The third-order valence-electron chi connectivity index (χ3n) is 2.48. The number of nitrogens with one attached hydrogen (secondary N) is 2. The fourth-order valence-corrected chi connectivity index (χ4v) is 1.73. The molecule has 1 aromatic rings. The first-order valence-electron chi connectivity index (χ1n) is 5.97. The molecule has 2 rings (SSSR count). The Morgan fingerprint density at radius 2 is 2.00 bits per heavy atom. The van der Waals surface area contributed by atoms with Gasteiger partial charge in [-0.1, -0.05) is 0 Å². The number of nitrogens with zero attached hydrogens (tertiary/aromatic N) is 3. The second-order valence-corrected chi connectivity index (χ2v) is 3.93. The van der Waals surface area contributed by atoms with E-state index in [1.54, 1.807) is 0 Å². The van der Waals surface area contributed by atoms with Crippen LogP contribution in [0.15, 0.2) is 6.07 Å². The highest BCUT2D eigenvalue weighted by Crippen LogP contribution is 2.12. The van der Waals surface area contributed by atoms with E-state index < -0.39 is 0 Å². The Hall–Kier alpha value is -1.40. The number of hydrogen-bond acceptors (Lipinski definition) is 6. The lowest BCUT2D eigenvalue weighted by Crippen LogP contribution is -2.40. The standard InChI is InChI=1S/C11H19N5O/c1-3-12-10-8-11(14-9(2)13-10)15-16-4-6-17-7-5-16/h8H,3-7H2,1-2H3,(H2,12,13,14,15). The quantitative estimate of drug-likeness (QED) is 0.810. The molecule has 2 heterocycles. The van der Waals surface area contributed by atoms with Crippen LogP contribution >= 0.6 is 0 Å². The summed E-state index contributed by atoms with van der Waals surface area (Å²) in [5.41, 5.74) is 3.28. The number of rotatable bonds is 4. The van der Waals surface area contributed by atoms with Gasteiger partial charge in [0, 0.05) is 25.7 Å². The van der Waals surface area contributed by atoms with Crippen molar-refractivity contribution in [3.8, 4) is 0 Å². The molecule has 0 aromatic carbocycles. The molecule has 0 atom stereocenters. The molecule has 1 aliphatic rings. The van der Waals surface area contributed by atoms with Gasteiger partial charge in [0.2, 0.25) is 0 Å². The first-order chi connectivity index (χ1) is 8.28. The summed E-state index contributed by atoms with van der Waals surface area (Å²) < 4.78 is 5.30. The van der Waals surface area contributed by atoms with Crippen LogP contribution < -0.4 is 10.7 Å². The predicted molar refractivity (Wildman–Crippen MR) is 66.9 cm³/mol. The average Bonchev–Trinajstić information content (AvgIpc) is 2.30. The minimum absolute atomic E-state index is 0.761. The topological polar surface area (TPSA) is 62.3 Å². The first kappa shape index (κ1) is 12.1. The summed E-state index contributed by atoms with van der Waals surface area (Å²) in [4.78, 5) is 8.68. The summed E-state index contributed by atoms with van der Waals surface area (Å²) in [6, 6.07) is 1.92. The maximum absolute atomic E-state index is 5.30. The minimum Gasteiger partial charge on any atom is -0.379 e. The Balaban J connectivity index is 2.03. The second kappa shape index (κ2) is 5.79. The molecule has 1 aromatic heterocycles. The second-order valence-electron chi connectivity index (χ2n) is 3.93. The van der Waals surface area contributed by atoms with Gasteiger partial charge in [-0.15, -0.1) is 0 Å². The molecule has 1 saturated heterocycles. The van der Waals surface area contributed by atoms with Gasteiger partial charge < -0.3 is 15.5 Å². The van der Waals surface area contributed by atoms with Gasteiger partial charge in [0.25, 0.3) is 0 Å². The van der Waals surface area contributed by atoms with Crippen LogP contribution in [0, 0.1) is 6.92 Å². The van der Waals surface area contributed by atoms with E-state index in [1.165, 1.54) is 0 Å². The van der Waals surface area contributed by atoms with Gasteiger partial charge in [-0.3, -0.25) is 0 Å². The molecule has 0 bridgehead atoms. The number of hydrogen-bond donors (Lipinski definition) is 2. The molecule has 0 amide bonds. The lowest BCUT2D eigenvalue weighted by atomic mass is 10.4. The number of aromatic nitrogens is 2. The van der Waals surface area contributed by atoms with Gasteiger partial charge in [-0.2, -0.15) is 0 Å². The molecule has 17 heavy (non-hydrogen) atoms. The van der Waals surface area contributed by atoms with Crippen LogP contribution in [0.1, 0.15) is 12.7 Å². The summed E-state index contributed by atoms with van der Waals surface area (Å²) in [7, 11) is 0. The number of ether oxygens (including phenoxy) is 1. The van der Waals surface area contributed by atoms with Crippen molar-refractivity contribution < 1.29 is 4.74 Å². The molecule has 0 saturated carbocycles. The minimum atomic E-state index is 0.761. The Morgan fingerprint density at radius 3 is 2.71 bits per heavy atom. The number of morpholine rings is 1. The fraction of sp³-hybridized carbons (Fsp3) is 0.636. The van der Waals surface area contributed by atoms with E-state index in [2.05, 4.69) is 25.7 Å². The molecule has 0 radical (unpaired) electrons. The van der Waals surface area contributed by atoms with Gasteiger partial charge in [0.05, 0.1) is 13.2 Å². The first-order valence-corrected chi connectivity index (χ1v) is 5.97. The Bertz CT molecular complexity index is 365. The van der Waals surface area contributed by atoms with Gasteiger partial charge in [0.1, 0.15) is 17.5 Å². The van der Waals surface area contributed by atoms with Gasteiger partial charge in [0.15, 0.2) is 0 Å². The molecule has 0 spiro atoms. The molecule has 6 heteroatoms. The van der Waals surface area contributed by atoms with E-state index >= 15 is 0 Å². The zero-order valence-electron chi connectivity index (χ0n) is 10.4. The number of aryl methyl sites for hydroxylation is 1. The molecular formula is C11H19N5O. The van der Waals surface area contributed by atoms with Gasteiger partial charge >= 0.3 is 0 Å². The highest BCUT2D eigenvalue weighted by Gasteiger charge is 2.11. The SMILES string of the molecule is CCNc1cc(NN2CCOCC2)nc(C)n1. The van der Waals surface area contributed by atoms with Crippen molar-refractivity contribution in [3.63, 3.8) is 0 Å². The zero-order chi connectivity index (χ0) is 12.1. The fourth-order valence-electron chi connectivity index (χ4n) is 1.73. The van der Waals surface area contributed by atoms with E-state index in [9.17, 15) is 0 Å². The molecule has 1 fully saturated rings. The largest absolute Gasteiger partial charge is 0.379 e. The molecule has 94 valence electrons. The van der Waals surface area contributed by atoms with Crippen LogP contribution in [-0.2, 0) is 4.74 Å². The van der Waals surface area contributed by atoms with Crippen LogP contribution in [0.25, 0.3) is 0 Å². The summed E-state index contributed by atoms with van der Waals surface area (Å²) in [5.74, 6) is 2.45.